The normalized spacial score (nSPS) is 20.8. The van der Waals surface area contributed by atoms with Crippen LogP contribution in [0.3, 0.4) is 0 Å². The second-order valence-corrected chi connectivity index (χ2v) is 6.40. The summed E-state index contributed by atoms with van der Waals surface area (Å²) in [5, 5.41) is 4.58. The van der Waals surface area contributed by atoms with E-state index in [0.717, 1.165) is 25.9 Å². The molecule has 0 amide bonds. The van der Waals surface area contributed by atoms with Crippen LogP contribution in [-0.2, 0) is 0 Å². The van der Waals surface area contributed by atoms with Gasteiger partial charge in [-0.05, 0) is 37.4 Å². The third kappa shape index (κ3) is 4.01. The van der Waals surface area contributed by atoms with Crippen LogP contribution in [0.1, 0.15) is 26.7 Å². The van der Waals surface area contributed by atoms with Crippen LogP contribution in [0.4, 0.5) is 0 Å². The topological polar surface area (TPSA) is 21.3 Å². The van der Waals surface area contributed by atoms with Crippen LogP contribution >= 0.6 is 23.2 Å². The van der Waals surface area contributed by atoms with E-state index in [1.807, 2.05) is 18.2 Å². The van der Waals surface area contributed by atoms with Gasteiger partial charge in [-0.25, -0.2) is 0 Å². The number of benzene rings is 1. The third-order valence-corrected chi connectivity index (χ3v) is 4.11. The zero-order valence-corrected chi connectivity index (χ0v) is 13.0. The lowest BCUT2D eigenvalue weighted by molar-refractivity contribution is 0.120. The van der Waals surface area contributed by atoms with Crippen molar-refractivity contribution in [1.82, 2.24) is 5.32 Å². The summed E-state index contributed by atoms with van der Waals surface area (Å²) in [5.41, 5.74) is 0. The first-order valence-corrected chi connectivity index (χ1v) is 7.65. The second-order valence-electron chi connectivity index (χ2n) is 5.59. The molecule has 1 aliphatic rings. The fourth-order valence-corrected chi connectivity index (χ4v) is 3.03. The molecule has 2 atom stereocenters. The monoisotopic (exact) mass is 301 g/mol. The van der Waals surface area contributed by atoms with E-state index < -0.39 is 0 Å². The van der Waals surface area contributed by atoms with Crippen molar-refractivity contribution in [3.63, 3.8) is 0 Å². The van der Waals surface area contributed by atoms with Crippen LogP contribution in [0.15, 0.2) is 18.2 Å². The van der Waals surface area contributed by atoms with E-state index in [9.17, 15) is 0 Å². The lowest BCUT2D eigenvalue weighted by atomic mass is 9.93. The fourth-order valence-electron chi connectivity index (χ4n) is 2.54. The highest BCUT2D eigenvalue weighted by molar-refractivity contribution is 6.37. The molecule has 0 unspecified atom stereocenters. The molecule has 1 heterocycles. The highest BCUT2D eigenvalue weighted by atomic mass is 35.5. The molecule has 1 N–H and O–H groups in total. The molecular formula is C15H21Cl2NO. The summed E-state index contributed by atoms with van der Waals surface area (Å²) in [6.07, 6.45) is 2.35. The molecular weight excluding hydrogens is 281 g/mol. The maximum Gasteiger partial charge on any atom is 0.156 e. The highest BCUT2D eigenvalue weighted by Gasteiger charge is 2.28. The fraction of sp³-hybridized carbons (Fsp3) is 0.600. The van der Waals surface area contributed by atoms with E-state index in [0.29, 0.717) is 27.6 Å². The molecule has 1 aromatic rings. The molecule has 19 heavy (non-hydrogen) atoms. The van der Waals surface area contributed by atoms with Gasteiger partial charge < -0.3 is 10.1 Å². The minimum absolute atomic E-state index is 0.174. The molecule has 0 bridgehead atoms. The number of hydrogen-bond acceptors (Lipinski definition) is 2. The number of nitrogens with one attached hydrogen (secondary N) is 1. The second kappa shape index (κ2) is 6.83. The van der Waals surface area contributed by atoms with Crippen molar-refractivity contribution in [2.75, 3.05) is 13.1 Å². The molecule has 2 nitrogen and oxygen atoms in total. The van der Waals surface area contributed by atoms with Gasteiger partial charge in [-0.3, -0.25) is 0 Å². The van der Waals surface area contributed by atoms with Gasteiger partial charge in [0.2, 0.25) is 0 Å². The predicted molar refractivity (Wildman–Crippen MR) is 81.3 cm³/mol. The van der Waals surface area contributed by atoms with E-state index in [1.54, 1.807) is 0 Å². The van der Waals surface area contributed by atoms with Crippen molar-refractivity contribution >= 4 is 23.2 Å². The van der Waals surface area contributed by atoms with Gasteiger partial charge in [0.05, 0.1) is 10.0 Å². The van der Waals surface area contributed by atoms with Gasteiger partial charge in [0, 0.05) is 12.5 Å². The van der Waals surface area contributed by atoms with E-state index in [1.165, 1.54) is 0 Å². The number of halogens is 2. The Bertz CT molecular complexity index is 396. The van der Waals surface area contributed by atoms with Crippen molar-refractivity contribution in [1.29, 1.82) is 0 Å². The minimum atomic E-state index is 0.174. The van der Waals surface area contributed by atoms with Crippen LogP contribution < -0.4 is 10.1 Å². The Balaban J connectivity index is 2.14. The van der Waals surface area contributed by atoms with Crippen LogP contribution in [0.2, 0.25) is 10.0 Å². The van der Waals surface area contributed by atoms with Crippen LogP contribution in [0.5, 0.6) is 5.75 Å². The molecule has 4 heteroatoms. The van der Waals surface area contributed by atoms with Gasteiger partial charge >= 0.3 is 0 Å². The number of rotatable bonds is 5. The lowest BCUT2D eigenvalue weighted by Crippen LogP contribution is -2.30. The third-order valence-electron chi connectivity index (χ3n) is 3.52. The Morgan fingerprint density at radius 2 is 2.00 bits per heavy atom. The molecule has 0 aromatic heterocycles. The standard InChI is InChI=1S/C15H21Cl2NO/c1-10(2)8-14(11-6-7-18-9-11)19-15-12(16)4-3-5-13(15)17/h3-5,10-11,14,18H,6-9H2,1-2H3/t11-,14+/m1/s1. The average Bonchev–Trinajstić information content (AvgIpc) is 2.85. The van der Waals surface area contributed by atoms with Crippen LogP contribution in [0.25, 0.3) is 0 Å². The molecule has 0 saturated carbocycles. The maximum absolute atomic E-state index is 6.19. The molecule has 2 rings (SSSR count). The van der Waals surface area contributed by atoms with Crippen molar-refractivity contribution in [3.05, 3.63) is 28.2 Å². The first-order chi connectivity index (χ1) is 9.08. The van der Waals surface area contributed by atoms with Gasteiger partial charge in [0.15, 0.2) is 5.75 Å². The summed E-state index contributed by atoms with van der Waals surface area (Å²) in [5.74, 6) is 1.75. The van der Waals surface area contributed by atoms with Crippen LogP contribution in [0, 0.1) is 11.8 Å². The van der Waals surface area contributed by atoms with E-state index in [-0.39, 0.29) is 6.10 Å². The smallest absolute Gasteiger partial charge is 0.156 e. The molecule has 1 aliphatic heterocycles. The average molecular weight is 302 g/mol. The van der Waals surface area contributed by atoms with Gasteiger partial charge in [-0.1, -0.05) is 43.1 Å². The van der Waals surface area contributed by atoms with Gasteiger partial charge in [0.25, 0.3) is 0 Å². The lowest BCUT2D eigenvalue weighted by Gasteiger charge is -2.26. The van der Waals surface area contributed by atoms with Gasteiger partial charge in [0.1, 0.15) is 6.10 Å². The zero-order valence-electron chi connectivity index (χ0n) is 11.5. The van der Waals surface area contributed by atoms with E-state index in [4.69, 9.17) is 27.9 Å². The first-order valence-electron chi connectivity index (χ1n) is 6.89. The minimum Gasteiger partial charge on any atom is -0.487 e. The van der Waals surface area contributed by atoms with E-state index in [2.05, 4.69) is 19.2 Å². The SMILES string of the molecule is CC(C)C[C@H](Oc1c(Cl)cccc1Cl)[C@@H]1CCNC1. The first kappa shape index (κ1) is 15.0. The Kier molecular flexibility index (Phi) is 5.37. The Labute approximate surface area is 125 Å². The van der Waals surface area contributed by atoms with E-state index >= 15 is 0 Å². The highest BCUT2D eigenvalue weighted by Crippen LogP contribution is 2.35. The van der Waals surface area contributed by atoms with Gasteiger partial charge in [-0.2, -0.15) is 0 Å². The van der Waals surface area contributed by atoms with Crippen molar-refractivity contribution < 1.29 is 4.74 Å². The Morgan fingerprint density at radius 3 is 2.53 bits per heavy atom. The summed E-state index contributed by atoms with van der Waals surface area (Å²) in [6, 6.07) is 5.48. The largest absolute Gasteiger partial charge is 0.487 e. The summed E-state index contributed by atoms with van der Waals surface area (Å²) in [7, 11) is 0. The number of ether oxygens (including phenoxy) is 1. The molecule has 0 aliphatic carbocycles. The quantitative estimate of drug-likeness (QED) is 0.870. The molecule has 1 aromatic carbocycles. The summed E-state index contributed by atoms with van der Waals surface area (Å²) >= 11 is 12.4. The maximum atomic E-state index is 6.19. The zero-order chi connectivity index (χ0) is 13.8. The van der Waals surface area contributed by atoms with Crippen molar-refractivity contribution in [2.24, 2.45) is 11.8 Å². The number of hydrogen-bond donors (Lipinski definition) is 1. The van der Waals surface area contributed by atoms with Crippen molar-refractivity contribution in [2.45, 2.75) is 32.8 Å². The molecule has 1 saturated heterocycles. The Hall–Kier alpha value is -0.440. The van der Waals surface area contributed by atoms with Gasteiger partial charge in [-0.15, -0.1) is 0 Å². The molecule has 1 fully saturated rings. The summed E-state index contributed by atoms with van der Waals surface area (Å²) in [6.45, 7) is 6.51. The number of para-hydroxylation sites is 1. The van der Waals surface area contributed by atoms with Crippen molar-refractivity contribution in [3.8, 4) is 5.75 Å². The summed E-state index contributed by atoms with van der Waals surface area (Å²) in [4.78, 5) is 0. The van der Waals surface area contributed by atoms with Crippen LogP contribution in [-0.4, -0.2) is 19.2 Å². The summed E-state index contributed by atoms with van der Waals surface area (Å²) < 4.78 is 6.17. The molecule has 0 radical (unpaired) electrons. The predicted octanol–water partition coefficient (Wildman–Crippen LogP) is 4.40. The molecule has 0 spiro atoms. The Morgan fingerprint density at radius 1 is 1.32 bits per heavy atom. The molecule has 106 valence electrons.